The van der Waals surface area contributed by atoms with E-state index in [4.69, 9.17) is 4.98 Å². The van der Waals surface area contributed by atoms with Gasteiger partial charge in [-0.2, -0.15) is 11.8 Å². The van der Waals surface area contributed by atoms with Crippen molar-refractivity contribution >= 4 is 28.2 Å². The van der Waals surface area contributed by atoms with Crippen molar-refractivity contribution in [1.82, 2.24) is 10.3 Å². The highest BCUT2D eigenvalue weighted by Crippen LogP contribution is 2.30. The van der Waals surface area contributed by atoms with Crippen LogP contribution < -0.4 is 10.2 Å². The highest BCUT2D eigenvalue weighted by molar-refractivity contribution is 8.00. The highest BCUT2D eigenvalue weighted by atomic mass is 32.2. The summed E-state index contributed by atoms with van der Waals surface area (Å²) in [4.78, 5) is 7.26. The largest absolute Gasteiger partial charge is 0.343 e. The molecule has 1 aromatic heterocycles. The Morgan fingerprint density at radius 3 is 3.11 bits per heavy atom. The standard InChI is InChI=1S/C13H23N3S2/c1-4-14-6-5-12-9-18-13(15-12)16-7-8-17-11(3)10(16)2/h9-11,14H,4-8H2,1-3H3. The van der Waals surface area contributed by atoms with E-state index in [1.54, 1.807) is 11.3 Å². The summed E-state index contributed by atoms with van der Waals surface area (Å²) < 4.78 is 0. The zero-order valence-electron chi connectivity index (χ0n) is 11.5. The average molecular weight is 285 g/mol. The van der Waals surface area contributed by atoms with Crippen molar-refractivity contribution in [2.45, 2.75) is 38.5 Å². The number of hydrogen-bond acceptors (Lipinski definition) is 5. The average Bonchev–Trinajstić information content (AvgIpc) is 2.82. The van der Waals surface area contributed by atoms with Crippen LogP contribution in [-0.4, -0.2) is 41.7 Å². The summed E-state index contributed by atoms with van der Waals surface area (Å²) in [6.07, 6.45) is 1.04. The van der Waals surface area contributed by atoms with Gasteiger partial charge in [0.25, 0.3) is 0 Å². The third-order valence-electron chi connectivity index (χ3n) is 3.48. The molecule has 1 N–H and O–H groups in total. The van der Waals surface area contributed by atoms with Crippen LogP contribution in [0.4, 0.5) is 5.13 Å². The van der Waals surface area contributed by atoms with E-state index in [1.165, 1.54) is 16.6 Å². The minimum Gasteiger partial charge on any atom is -0.343 e. The van der Waals surface area contributed by atoms with Crippen LogP contribution >= 0.6 is 23.1 Å². The number of rotatable bonds is 5. The van der Waals surface area contributed by atoms with Gasteiger partial charge in [-0.3, -0.25) is 0 Å². The fourth-order valence-electron chi connectivity index (χ4n) is 2.14. The molecule has 2 heterocycles. The fraction of sp³-hybridized carbons (Fsp3) is 0.769. The topological polar surface area (TPSA) is 28.2 Å². The van der Waals surface area contributed by atoms with Gasteiger partial charge in [-0.25, -0.2) is 4.98 Å². The number of nitrogens with zero attached hydrogens (tertiary/aromatic N) is 2. The lowest BCUT2D eigenvalue weighted by molar-refractivity contribution is 0.624. The van der Waals surface area contributed by atoms with Gasteiger partial charge in [-0.15, -0.1) is 11.3 Å². The van der Waals surface area contributed by atoms with Gasteiger partial charge in [0.1, 0.15) is 0 Å². The molecule has 1 aromatic rings. The molecular weight excluding hydrogens is 262 g/mol. The van der Waals surface area contributed by atoms with Crippen LogP contribution in [0, 0.1) is 0 Å². The molecule has 0 aromatic carbocycles. The van der Waals surface area contributed by atoms with E-state index in [-0.39, 0.29) is 0 Å². The molecule has 1 aliphatic heterocycles. The molecule has 0 saturated carbocycles. The molecule has 1 fully saturated rings. The molecule has 0 aliphatic carbocycles. The van der Waals surface area contributed by atoms with E-state index < -0.39 is 0 Å². The SMILES string of the molecule is CCNCCc1csc(N2CCSC(C)C2C)n1. The number of hydrogen-bond donors (Lipinski definition) is 1. The third kappa shape index (κ3) is 3.39. The van der Waals surface area contributed by atoms with Gasteiger partial charge in [-0.1, -0.05) is 13.8 Å². The van der Waals surface area contributed by atoms with Gasteiger partial charge in [0, 0.05) is 41.9 Å². The summed E-state index contributed by atoms with van der Waals surface area (Å²) in [5.74, 6) is 1.22. The van der Waals surface area contributed by atoms with Crippen molar-refractivity contribution in [1.29, 1.82) is 0 Å². The molecule has 1 saturated heterocycles. The third-order valence-corrected chi connectivity index (χ3v) is 5.74. The number of anilines is 1. The summed E-state index contributed by atoms with van der Waals surface area (Å²) in [5, 5.41) is 7.47. The maximum atomic E-state index is 4.79. The van der Waals surface area contributed by atoms with E-state index in [9.17, 15) is 0 Å². The van der Waals surface area contributed by atoms with Crippen molar-refractivity contribution in [2.75, 3.05) is 30.3 Å². The van der Waals surface area contributed by atoms with Gasteiger partial charge in [0.05, 0.1) is 5.69 Å². The number of thioether (sulfide) groups is 1. The zero-order chi connectivity index (χ0) is 13.0. The number of thiazole rings is 1. The van der Waals surface area contributed by atoms with Crippen molar-refractivity contribution < 1.29 is 0 Å². The van der Waals surface area contributed by atoms with Crippen molar-refractivity contribution in [2.24, 2.45) is 0 Å². The Morgan fingerprint density at radius 1 is 1.50 bits per heavy atom. The molecule has 5 heteroatoms. The molecule has 0 bridgehead atoms. The summed E-state index contributed by atoms with van der Waals surface area (Å²) >= 11 is 3.87. The molecule has 2 rings (SSSR count). The molecule has 102 valence electrons. The van der Waals surface area contributed by atoms with Crippen molar-refractivity contribution in [3.05, 3.63) is 11.1 Å². The second-order valence-corrected chi connectivity index (χ2v) is 7.06. The van der Waals surface area contributed by atoms with Gasteiger partial charge < -0.3 is 10.2 Å². The summed E-state index contributed by atoms with van der Waals surface area (Å²) in [6.45, 7) is 9.98. The molecule has 18 heavy (non-hydrogen) atoms. The Balaban J connectivity index is 1.96. The molecular formula is C13H23N3S2. The maximum Gasteiger partial charge on any atom is 0.185 e. The molecule has 1 aliphatic rings. The number of aromatic nitrogens is 1. The maximum absolute atomic E-state index is 4.79. The van der Waals surface area contributed by atoms with Gasteiger partial charge in [0.2, 0.25) is 0 Å². The minimum atomic E-state index is 0.594. The molecule has 0 radical (unpaired) electrons. The molecule has 0 spiro atoms. The molecule has 2 unspecified atom stereocenters. The smallest absolute Gasteiger partial charge is 0.185 e. The first-order valence-electron chi connectivity index (χ1n) is 6.75. The molecule has 2 atom stereocenters. The number of nitrogens with one attached hydrogen (secondary N) is 1. The van der Waals surface area contributed by atoms with E-state index in [0.717, 1.165) is 26.1 Å². The Kier molecular flexibility index (Phi) is 5.33. The quantitative estimate of drug-likeness (QED) is 0.842. The predicted molar refractivity (Wildman–Crippen MR) is 83.1 cm³/mol. The first-order valence-corrected chi connectivity index (χ1v) is 8.68. The fourth-order valence-corrected chi connectivity index (χ4v) is 4.21. The predicted octanol–water partition coefficient (Wildman–Crippen LogP) is 2.63. The summed E-state index contributed by atoms with van der Waals surface area (Å²) in [6, 6.07) is 0.594. The van der Waals surface area contributed by atoms with E-state index in [2.05, 4.69) is 48.1 Å². The summed E-state index contributed by atoms with van der Waals surface area (Å²) in [7, 11) is 0. The van der Waals surface area contributed by atoms with Crippen LogP contribution in [0.3, 0.4) is 0 Å². The minimum absolute atomic E-state index is 0.594. The van der Waals surface area contributed by atoms with Crippen LogP contribution in [0.5, 0.6) is 0 Å². The Bertz CT molecular complexity index is 367. The van der Waals surface area contributed by atoms with E-state index in [1.807, 2.05) is 0 Å². The zero-order valence-corrected chi connectivity index (χ0v) is 13.1. The first kappa shape index (κ1) is 14.2. The van der Waals surface area contributed by atoms with Crippen LogP contribution in [0.15, 0.2) is 5.38 Å². The van der Waals surface area contributed by atoms with Crippen molar-refractivity contribution in [3.63, 3.8) is 0 Å². The second kappa shape index (κ2) is 6.78. The van der Waals surface area contributed by atoms with Crippen LogP contribution in [0.1, 0.15) is 26.5 Å². The van der Waals surface area contributed by atoms with Crippen molar-refractivity contribution in [3.8, 4) is 0 Å². The number of likely N-dealkylation sites (N-methyl/N-ethyl adjacent to an activating group) is 1. The lowest BCUT2D eigenvalue weighted by atomic mass is 10.2. The lowest BCUT2D eigenvalue weighted by Gasteiger charge is -2.37. The Hall–Kier alpha value is -0.260. The molecule has 0 amide bonds. The monoisotopic (exact) mass is 285 g/mol. The summed E-state index contributed by atoms with van der Waals surface area (Å²) in [5.41, 5.74) is 1.23. The first-order chi connectivity index (χ1) is 8.72. The Labute approximate surface area is 118 Å². The van der Waals surface area contributed by atoms with E-state index in [0.29, 0.717) is 11.3 Å². The van der Waals surface area contributed by atoms with Crippen LogP contribution in [0.25, 0.3) is 0 Å². The van der Waals surface area contributed by atoms with Gasteiger partial charge in [-0.05, 0) is 13.5 Å². The van der Waals surface area contributed by atoms with E-state index >= 15 is 0 Å². The van der Waals surface area contributed by atoms with Gasteiger partial charge in [0.15, 0.2) is 5.13 Å². The Morgan fingerprint density at radius 2 is 2.33 bits per heavy atom. The highest BCUT2D eigenvalue weighted by Gasteiger charge is 2.26. The normalized spacial score (nSPS) is 24.5. The molecule has 3 nitrogen and oxygen atoms in total. The lowest BCUT2D eigenvalue weighted by Crippen LogP contribution is -2.44. The van der Waals surface area contributed by atoms with Crippen LogP contribution in [0.2, 0.25) is 0 Å². The van der Waals surface area contributed by atoms with Gasteiger partial charge >= 0.3 is 0 Å². The van der Waals surface area contributed by atoms with Crippen LogP contribution in [-0.2, 0) is 6.42 Å². The second-order valence-electron chi connectivity index (χ2n) is 4.73.